The van der Waals surface area contributed by atoms with Gasteiger partial charge in [0.15, 0.2) is 6.61 Å². The Morgan fingerprint density at radius 3 is 2.31 bits per heavy atom. The second-order valence-electron chi connectivity index (χ2n) is 7.61. The van der Waals surface area contributed by atoms with Crippen LogP contribution in [0.25, 0.3) is 0 Å². The van der Waals surface area contributed by atoms with Crippen molar-refractivity contribution in [2.75, 3.05) is 6.61 Å². The molecular weight excluding hydrogens is 364 g/mol. The van der Waals surface area contributed by atoms with Crippen LogP contribution in [0.4, 0.5) is 0 Å². The lowest BCUT2D eigenvalue weighted by Gasteiger charge is -2.29. The average Bonchev–Trinajstić information content (AvgIpc) is 2.69. The van der Waals surface area contributed by atoms with Crippen LogP contribution in [0.15, 0.2) is 48.5 Å². The molecule has 5 nitrogen and oxygen atoms in total. The van der Waals surface area contributed by atoms with Crippen LogP contribution < -0.4 is 10.1 Å². The van der Waals surface area contributed by atoms with Crippen molar-refractivity contribution < 1.29 is 14.3 Å². The number of carbonyl (C=O) groups excluding carboxylic acids is 2. The second-order valence-corrected chi connectivity index (χ2v) is 7.61. The molecule has 0 saturated heterocycles. The minimum absolute atomic E-state index is 0.0596. The summed E-state index contributed by atoms with van der Waals surface area (Å²) in [5.74, 6) is 0.265. The fraction of sp³-hybridized carbons (Fsp3) is 0.417. The van der Waals surface area contributed by atoms with Crippen LogP contribution in [0.5, 0.6) is 5.75 Å². The Labute approximate surface area is 174 Å². The molecule has 29 heavy (non-hydrogen) atoms. The van der Waals surface area contributed by atoms with Gasteiger partial charge in [-0.25, -0.2) is 0 Å². The van der Waals surface area contributed by atoms with Crippen molar-refractivity contribution in [1.82, 2.24) is 10.2 Å². The number of nitrogens with zero attached hydrogens (tertiary/aromatic N) is 1. The number of nitrogens with one attached hydrogen (secondary N) is 1. The van der Waals surface area contributed by atoms with Crippen molar-refractivity contribution in [3.05, 3.63) is 65.2 Å². The number of rotatable bonds is 9. The number of amides is 2. The van der Waals surface area contributed by atoms with Crippen LogP contribution >= 0.6 is 0 Å². The number of hydrogen-bond acceptors (Lipinski definition) is 3. The molecule has 2 aromatic carbocycles. The second kappa shape index (κ2) is 10.6. The highest BCUT2D eigenvalue weighted by Crippen LogP contribution is 2.15. The molecule has 156 valence electrons. The molecule has 0 aliphatic heterocycles. The maximum atomic E-state index is 13.0. The van der Waals surface area contributed by atoms with E-state index in [1.807, 2.05) is 76.2 Å². The standard InChI is InChI=1S/C24H32N2O3/c1-6-19(4)25-24(28)20(5)26(15-21-11-7-9-17(2)13-21)23(27)16-29-22-12-8-10-18(3)14-22/h7-14,19-20H,6,15-16H2,1-5H3,(H,25,28)/t19-,20+/m1/s1. The highest BCUT2D eigenvalue weighted by molar-refractivity contribution is 5.88. The Hall–Kier alpha value is -2.82. The summed E-state index contributed by atoms with van der Waals surface area (Å²) < 4.78 is 5.70. The molecule has 1 N–H and O–H groups in total. The molecule has 2 rings (SSSR count). The highest BCUT2D eigenvalue weighted by Gasteiger charge is 2.27. The van der Waals surface area contributed by atoms with Gasteiger partial charge in [0, 0.05) is 12.6 Å². The third-order valence-electron chi connectivity index (χ3n) is 4.96. The Bertz CT molecular complexity index is 834. The van der Waals surface area contributed by atoms with E-state index in [4.69, 9.17) is 4.74 Å². The predicted molar refractivity (Wildman–Crippen MR) is 116 cm³/mol. The van der Waals surface area contributed by atoms with E-state index in [1.54, 1.807) is 11.8 Å². The molecule has 0 spiro atoms. The van der Waals surface area contributed by atoms with E-state index in [0.717, 1.165) is 23.1 Å². The van der Waals surface area contributed by atoms with Gasteiger partial charge in [-0.1, -0.05) is 48.9 Å². The Morgan fingerprint density at radius 1 is 1.03 bits per heavy atom. The smallest absolute Gasteiger partial charge is 0.261 e. The SMILES string of the molecule is CC[C@@H](C)NC(=O)[C@H](C)N(Cc1cccc(C)c1)C(=O)COc1cccc(C)c1. The van der Waals surface area contributed by atoms with Crippen LogP contribution in [0.2, 0.25) is 0 Å². The van der Waals surface area contributed by atoms with Gasteiger partial charge in [0.2, 0.25) is 5.91 Å². The van der Waals surface area contributed by atoms with Crippen molar-refractivity contribution >= 4 is 11.8 Å². The molecule has 0 fully saturated rings. The van der Waals surface area contributed by atoms with Gasteiger partial charge in [0.1, 0.15) is 11.8 Å². The molecule has 0 unspecified atom stereocenters. The summed E-state index contributed by atoms with van der Waals surface area (Å²) in [5.41, 5.74) is 3.16. The minimum Gasteiger partial charge on any atom is -0.484 e. The largest absolute Gasteiger partial charge is 0.484 e. The molecule has 0 heterocycles. The number of ether oxygens (including phenoxy) is 1. The molecule has 2 amide bonds. The third kappa shape index (κ3) is 6.93. The van der Waals surface area contributed by atoms with E-state index < -0.39 is 6.04 Å². The normalized spacial score (nSPS) is 12.7. The summed E-state index contributed by atoms with van der Waals surface area (Å²) in [7, 11) is 0. The maximum Gasteiger partial charge on any atom is 0.261 e. The average molecular weight is 397 g/mol. The van der Waals surface area contributed by atoms with Gasteiger partial charge < -0.3 is 15.0 Å². The lowest BCUT2D eigenvalue weighted by atomic mass is 10.1. The Morgan fingerprint density at radius 2 is 1.69 bits per heavy atom. The maximum absolute atomic E-state index is 13.0. The van der Waals surface area contributed by atoms with Crippen LogP contribution in [0.3, 0.4) is 0 Å². The summed E-state index contributed by atoms with van der Waals surface area (Å²) in [5, 5.41) is 2.97. The van der Waals surface area contributed by atoms with Gasteiger partial charge in [0.05, 0.1) is 0 Å². The van der Waals surface area contributed by atoms with E-state index in [9.17, 15) is 9.59 Å². The Balaban J connectivity index is 2.15. The monoisotopic (exact) mass is 396 g/mol. The van der Waals surface area contributed by atoms with Crippen LogP contribution in [-0.4, -0.2) is 35.4 Å². The summed E-state index contributed by atoms with van der Waals surface area (Å²) in [6.07, 6.45) is 0.834. The van der Waals surface area contributed by atoms with E-state index in [1.165, 1.54) is 0 Å². The first-order chi connectivity index (χ1) is 13.8. The van der Waals surface area contributed by atoms with E-state index in [0.29, 0.717) is 12.3 Å². The van der Waals surface area contributed by atoms with Crippen LogP contribution in [-0.2, 0) is 16.1 Å². The van der Waals surface area contributed by atoms with E-state index >= 15 is 0 Å². The Kier molecular flexibility index (Phi) is 8.25. The summed E-state index contributed by atoms with van der Waals surface area (Å²) in [4.78, 5) is 27.3. The van der Waals surface area contributed by atoms with Crippen molar-refractivity contribution in [3.63, 3.8) is 0 Å². The van der Waals surface area contributed by atoms with Gasteiger partial charge in [-0.2, -0.15) is 0 Å². The minimum atomic E-state index is -0.599. The zero-order valence-electron chi connectivity index (χ0n) is 18.1. The van der Waals surface area contributed by atoms with Crippen molar-refractivity contribution in [1.29, 1.82) is 0 Å². The zero-order valence-corrected chi connectivity index (χ0v) is 18.1. The van der Waals surface area contributed by atoms with Gasteiger partial charge in [-0.05, 0) is 57.4 Å². The molecule has 0 aliphatic carbocycles. The van der Waals surface area contributed by atoms with Crippen LogP contribution in [0.1, 0.15) is 43.9 Å². The quantitative estimate of drug-likeness (QED) is 0.697. The third-order valence-corrected chi connectivity index (χ3v) is 4.96. The fourth-order valence-electron chi connectivity index (χ4n) is 2.99. The lowest BCUT2D eigenvalue weighted by molar-refractivity contribution is -0.142. The molecule has 0 aromatic heterocycles. The van der Waals surface area contributed by atoms with Gasteiger partial charge in [0.25, 0.3) is 5.91 Å². The topological polar surface area (TPSA) is 58.6 Å². The summed E-state index contributed by atoms with van der Waals surface area (Å²) in [6, 6.07) is 15.0. The van der Waals surface area contributed by atoms with Gasteiger partial charge in [-0.3, -0.25) is 9.59 Å². The van der Waals surface area contributed by atoms with Crippen molar-refractivity contribution in [3.8, 4) is 5.75 Å². The molecular formula is C24H32N2O3. The van der Waals surface area contributed by atoms with Gasteiger partial charge in [-0.15, -0.1) is 0 Å². The molecule has 0 saturated carbocycles. The number of aryl methyl sites for hydroxylation is 2. The molecule has 0 bridgehead atoms. The van der Waals surface area contributed by atoms with Crippen molar-refractivity contribution in [2.45, 2.75) is 59.7 Å². The molecule has 2 aromatic rings. The number of hydrogen-bond donors (Lipinski definition) is 1. The molecule has 0 aliphatic rings. The first kappa shape index (κ1) is 22.5. The van der Waals surface area contributed by atoms with E-state index in [-0.39, 0.29) is 24.5 Å². The lowest BCUT2D eigenvalue weighted by Crippen LogP contribution is -2.50. The fourth-order valence-corrected chi connectivity index (χ4v) is 2.99. The zero-order chi connectivity index (χ0) is 21.4. The van der Waals surface area contributed by atoms with E-state index in [2.05, 4.69) is 5.32 Å². The van der Waals surface area contributed by atoms with Crippen LogP contribution in [0, 0.1) is 13.8 Å². The first-order valence-electron chi connectivity index (χ1n) is 10.1. The van der Waals surface area contributed by atoms with Gasteiger partial charge >= 0.3 is 0 Å². The first-order valence-corrected chi connectivity index (χ1v) is 10.1. The highest BCUT2D eigenvalue weighted by atomic mass is 16.5. The summed E-state index contributed by atoms with van der Waals surface area (Å²) in [6.45, 7) is 9.95. The number of benzene rings is 2. The van der Waals surface area contributed by atoms with Crippen molar-refractivity contribution in [2.24, 2.45) is 0 Å². The molecule has 0 radical (unpaired) electrons. The molecule has 2 atom stereocenters. The summed E-state index contributed by atoms with van der Waals surface area (Å²) >= 11 is 0. The number of carbonyl (C=O) groups is 2. The predicted octanol–water partition coefficient (Wildman–Crippen LogP) is 4.01. The molecule has 5 heteroatoms.